The summed E-state index contributed by atoms with van der Waals surface area (Å²) in [4.78, 5) is 12.1. The monoisotopic (exact) mass is 259 g/mol. The van der Waals surface area contributed by atoms with Crippen molar-refractivity contribution in [2.45, 2.75) is 33.6 Å². The van der Waals surface area contributed by atoms with Gasteiger partial charge in [-0.3, -0.25) is 4.79 Å². The Hall–Kier alpha value is -2.17. The fourth-order valence-corrected chi connectivity index (χ4v) is 1.95. The van der Waals surface area contributed by atoms with Gasteiger partial charge in [0.15, 0.2) is 5.69 Å². The molecule has 1 heterocycles. The van der Waals surface area contributed by atoms with E-state index in [0.29, 0.717) is 11.6 Å². The molecule has 0 aliphatic carbocycles. The zero-order valence-electron chi connectivity index (χ0n) is 11.5. The molecule has 1 aromatic heterocycles. The van der Waals surface area contributed by atoms with Gasteiger partial charge in [-0.05, 0) is 36.0 Å². The lowest BCUT2D eigenvalue weighted by Crippen LogP contribution is -2.16. The molecule has 0 spiro atoms. The normalized spacial score (nSPS) is 10.8. The van der Waals surface area contributed by atoms with Gasteiger partial charge in [-0.25, -0.2) is 4.63 Å². The number of carbonyl (C=O) groups is 1. The minimum Gasteiger partial charge on any atom is -0.320 e. The Morgan fingerprint density at radius 3 is 2.58 bits per heavy atom. The highest BCUT2D eigenvalue weighted by Crippen LogP contribution is 2.27. The third-order valence-corrected chi connectivity index (χ3v) is 3.03. The topological polar surface area (TPSA) is 68.0 Å². The molecule has 5 nitrogen and oxygen atoms in total. The number of nitrogens with one attached hydrogen (secondary N) is 1. The molecule has 5 heteroatoms. The Bertz CT molecular complexity index is 602. The number of amides is 1. The van der Waals surface area contributed by atoms with Crippen molar-refractivity contribution in [1.29, 1.82) is 0 Å². The number of aryl methyl sites for hydroxylation is 2. The molecule has 1 amide bonds. The maximum absolute atomic E-state index is 12.1. The molecule has 2 rings (SSSR count). The Morgan fingerprint density at radius 1 is 1.26 bits per heavy atom. The number of para-hydroxylation sites is 1. The Balaban J connectivity index is 2.34. The maximum Gasteiger partial charge on any atom is 0.279 e. The predicted octanol–water partition coefficient (Wildman–Crippen LogP) is 3.06. The second-order valence-electron chi connectivity index (χ2n) is 4.85. The van der Waals surface area contributed by atoms with Crippen LogP contribution in [0.3, 0.4) is 0 Å². The van der Waals surface area contributed by atoms with Crippen molar-refractivity contribution >= 4 is 11.6 Å². The molecule has 1 aromatic carbocycles. The van der Waals surface area contributed by atoms with E-state index in [1.807, 2.05) is 25.1 Å². The van der Waals surface area contributed by atoms with Gasteiger partial charge in [0.2, 0.25) is 0 Å². The van der Waals surface area contributed by atoms with Crippen molar-refractivity contribution in [2.75, 3.05) is 5.32 Å². The summed E-state index contributed by atoms with van der Waals surface area (Å²) in [7, 11) is 0. The highest BCUT2D eigenvalue weighted by atomic mass is 16.6. The van der Waals surface area contributed by atoms with E-state index in [0.717, 1.165) is 16.8 Å². The molecule has 0 aliphatic rings. The average Bonchev–Trinajstić information content (AvgIpc) is 2.77. The SMILES string of the molecule is Cc1cccc(C(C)C)c1NC(=O)c1nonc1C. The van der Waals surface area contributed by atoms with Gasteiger partial charge in [0.25, 0.3) is 5.91 Å². The van der Waals surface area contributed by atoms with Gasteiger partial charge < -0.3 is 5.32 Å². The number of anilines is 1. The summed E-state index contributed by atoms with van der Waals surface area (Å²) >= 11 is 0. The van der Waals surface area contributed by atoms with Crippen LogP contribution in [0, 0.1) is 13.8 Å². The molecule has 100 valence electrons. The molecule has 0 saturated heterocycles. The van der Waals surface area contributed by atoms with E-state index >= 15 is 0 Å². The van der Waals surface area contributed by atoms with Crippen LogP contribution >= 0.6 is 0 Å². The third-order valence-electron chi connectivity index (χ3n) is 3.03. The highest BCUT2D eigenvalue weighted by molar-refractivity contribution is 6.04. The predicted molar refractivity (Wildman–Crippen MR) is 72.3 cm³/mol. The first-order chi connectivity index (χ1) is 9.00. The van der Waals surface area contributed by atoms with E-state index in [-0.39, 0.29) is 11.6 Å². The molecular formula is C14H17N3O2. The summed E-state index contributed by atoms with van der Waals surface area (Å²) in [6, 6.07) is 5.97. The fraction of sp³-hybridized carbons (Fsp3) is 0.357. The lowest BCUT2D eigenvalue weighted by atomic mass is 9.98. The van der Waals surface area contributed by atoms with Gasteiger partial charge in [0, 0.05) is 5.69 Å². The zero-order valence-corrected chi connectivity index (χ0v) is 11.5. The molecule has 19 heavy (non-hydrogen) atoms. The van der Waals surface area contributed by atoms with E-state index in [1.54, 1.807) is 6.92 Å². The Kier molecular flexibility index (Phi) is 3.64. The second-order valence-corrected chi connectivity index (χ2v) is 4.85. The Labute approximate surface area is 112 Å². The number of aromatic nitrogens is 2. The van der Waals surface area contributed by atoms with E-state index in [2.05, 4.69) is 34.1 Å². The minimum atomic E-state index is -0.296. The standard InChI is InChI=1S/C14H17N3O2/c1-8(2)11-7-5-6-9(3)12(11)15-14(18)13-10(4)16-19-17-13/h5-8H,1-4H3,(H,15,18). The number of hydrogen-bond acceptors (Lipinski definition) is 4. The molecule has 0 saturated carbocycles. The molecule has 0 aliphatic heterocycles. The van der Waals surface area contributed by atoms with Crippen LogP contribution in [0.5, 0.6) is 0 Å². The van der Waals surface area contributed by atoms with Crippen LogP contribution in [-0.2, 0) is 0 Å². The first-order valence-corrected chi connectivity index (χ1v) is 6.20. The summed E-state index contributed by atoms with van der Waals surface area (Å²) < 4.78 is 4.55. The van der Waals surface area contributed by atoms with Crippen molar-refractivity contribution in [3.05, 3.63) is 40.7 Å². The van der Waals surface area contributed by atoms with Crippen molar-refractivity contribution in [1.82, 2.24) is 10.3 Å². The summed E-state index contributed by atoms with van der Waals surface area (Å²) in [5, 5.41) is 10.1. The molecule has 2 aromatic rings. The first kappa shape index (κ1) is 13.3. The lowest BCUT2D eigenvalue weighted by Gasteiger charge is -2.15. The summed E-state index contributed by atoms with van der Waals surface area (Å²) in [5.41, 5.74) is 3.66. The largest absolute Gasteiger partial charge is 0.320 e. The summed E-state index contributed by atoms with van der Waals surface area (Å²) in [6.45, 7) is 7.84. The van der Waals surface area contributed by atoms with Gasteiger partial charge in [0.1, 0.15) is 5.69 Å². The van der Waals surface area contributed by atoms with Gasteiger partial charge in [-0.1, -0.05) is 37.2 Å². The van der Waals surface area contributed by atoms with E-state index in [9.17, 15) is 4.79 Å². The number of rotatable bonds is 3. The van der Waals surface area contributed by atoms with Gasteiger partial charge in [-0.2, -0.15) is 0 Å². The molecule has 1 N–H and O–H groups in total. The van der Waals surface area contributed by atoms with Crippen LogP contribution in [0.25, 0.3) is 0 Å². The number of hydrogen-bond donors (Lipinski definition) is 1. The summed E-state index contributed by atoms with van der Waals surface area (Å²) in [6.07, 6.45) is 0. The number of nitrogens with zero attached hydrogens (tertiary/aromatic N) is 2. The maximum atomic E-state index is 12.1. The third kappa shape index (κ3) is 2.65. The fourth-order valence-electron chi connectivity index (χ4n) is 1.95. The van der Waals surface area contributed by atoms with Gasteiger partial charge in [-0.15, -0.1) is 0 Å². The number of benzene rings is 1. The van der Waals surface area contributed by atoms with Gasteiger partial charge in [0.05, 0.1) is 0 Å². The van der Waals surface area contributed by atoms with Crippen molar-refractivity contribution in [3.63, 3.8) is 0 Å². The van der Waals surface area contributed by atoms with E-state index in [1.165, 1.54) is 0 Å². The Morgan fingerprint density at radius 2 is 2.00 bits per heavy atom. The minimum absolute atomic E-state index is 0.220. The quantitative estimate of drug-likeness (QED) is 0.919. The molecular weight excluding hydrogens is 242 g/mol. The average molecular weight is 259 g/mol. The highest BCUT2D eigenvalue weighted by Gasteiger charge is 2.18. The lowest BCUT2D eigenvalue weighted by molar-refractivity contribution is 0.101. The molecule has 0 bridgehead atoms. The molecule has 0 atom stereocenters. The molecule has 0 radical (unpaired) electrons. The van der Waals surface area contributed by atoms with Crippen LogP contribution in [-0.4, -0.2) is 16.2 Å². The van der Waals surface area contributed by atoms with E-state index < -0.39 is 0 Å². The number of carbonyl (C=O) groups excluding carboxylic acids is 1. The van der Waals surface area contributed by atoms with Crippen LogP contribution in [0.4, 0.5) is 5.69 Å². The van der Waals surface area contributed by atoms with Crippen LogP contribution in [0.15, 0.2) is 22.8 Å². The van der Waals surface area contributed by atoms with E-state index in [4.69, 9.17) is 0 Å². The molecule has 0 unspecified atom stereocenters. The van der Waals surface area contributed by atoms with Crippen LogP contribution < -0.4 is 5.32 Å². The summed E-state index contributed by atoms with van der Waals surface area (Å²) in [5.74, 6) is 0.0293. The van der Waals surface area contributed by atoms with Gasteiger partial charge >= 0.3 is 0 Å². The van der Waals surface area contributed by atoms with Crippen molar-refractivity contribution in [3.8, 4) is 0 Å². The smallest absolute Gasteiger partial charge is 0.279 e. The van der Waals surface area contributed by atoms with Crippen molar-refractivity contribution < 1.29 is 9.42 Å². The second kappa shape index (κ2) is 5.22. The first-order valence-electron chi connectivity index (χ1n) is 6.20. The molecule has 0 fully saturated rings. The zero-order chi connectivity index (χ0) is 14.0. The van der Waals surface area contributed by atoms with Crippen LogP contribution in [0.2, 0.25) is 0 Å². The van der Waals surface area contributed by atoms with Crippen molar-refractivity contribution in [2.24, 2.45) is 0 Å². The van der Waals surface area contributed by atoms with Crippen LogP contribution in [0.1, 0.15) is 47.1 Å².